The van der Waals surface area contributed by atoms with Crippen LogP contribution < -0.4 is 15.5 Å². The highest BCUT2D eigenvalue weighted by atomic mass is 32.1. The van der Waals surface area contributed by atoms with Gasteiger partial charge in [0.05, 0.1) is 30.9 Å². The molecule has 0 radical (unpaired) electrons. The van der Waals surface area contributed by atoms with Gasteiger partial charge in [-0.25, -0.2) is 8.78 Å². The van der Waals surface area contributed by atoms with Crippen molar-refractivity contribution in [3.63, 3.8) is 0 Å². The lowest BCUT2D eigenvalue weighted by Crippen LogP contribution is -2.48. The molecule has 1 N–H and O–H groups in total. The molecule has 0 bridgehead atoms. The minimum atomic E-state index is -0.680. The summed E-state index contributed by atoms with van der Waals surface area (Å²) in [4.78, 5) is 26.7. The zero-order chi connectivity index (χ0) is 25.5. The summed E-state index contributed by atoms with van der Waals surface area (Å²) in [6, 6.07) is 12.2. The molecule has 2 aliphatic heterocycles. The van der Waals surface area contributed by atoms with Gasteiger partial charge < -0.3 is 19.4 Å². The maximum Gasteiger partial charge on any atom is 0.272 e. The van der Waals surface area contributed by atoms with E-state index in [1.165, 1.54) is 12.1 Å². The van der Waals surface area contributed by atoms with Gasteiger partial charge >= 0.3 is 0 Å². The summed E-state index contributed by atoms with van der Waals surface area (Å²) in [7, 11) is 0. The summed E-state index contributed by atoms with van der Waals surface area (Å²) in [6.07, 6.45) is 1.69. The van der Waals surface area contributed by atoms with Gasteiger partial charge in [-0.05, 0) is 17.2 Å². The fraction of sp³-hybridized carbons (Fsp3) is 0.231. The quantitative estimate of drug-likeness (QED) is 0.417. The minimum absolute atomic E-state index is 0.0782. The number of pyridine rings is 1. The first-order valence-corrected chi connectivity index (χ1v) is 12.4. The van der Waals surface area contributed by atoms with Crippen LogP contribution in [0.4, 0.5) is 8.78 Å². The topological polar surface area (TPSA) is 95.3 Å². The van der Waals surface area contributed by atoms with Crippen molar-refractivity contribution in [1.82, 2.24) is 20.1 Å². The number of ether oxygens (including phenoxy) is 2. The molecule has 1 unspecified atom stereocenters. The second-order valence-electron chi connectivity index (χ2n) is 8.83. The monoisotopic (exact) mass is 522 g/mol. The van der Waals surface area contributed by atoms with Crippen LogP contribution in [0, 0.1) is 11.6 Å². The van der Waals surface area contributed by atoms with Crippen LogP contribution in [0.15, 0.2) is 59.5 Å². The summed E-state index contributed by atoms with van der Waals surface area (Å²) in [5, 5.41) is 12.0. The number of benzene rings is 2. The van der Waals surface area contributed by atoms with E-state index in [0.29, 0.717) is 23.2 Å². The number of amides is 1. The number of carbonyl (C=O) groups excluding carboxylic acids is 1. The van der Waals surface area contributed by atoms with Gasteiger partial charge in [-0.15, -0.1) is 10.2 Å². The molecule has 0 spiro atoms. The lowest BCUT2D eigenvalue weighted by molar-refractivity contribution is 0.0883. The number of aromatic nitrogens is 3. The standard InChI is InChI=1S/C26H20F2N4O4S/c27-16-7-6-15(18(28)9-16)8-21-30-31-26(37-21)17-10-32-20-13-35-12-19(20)29-25(34)22(32)24(23(17)33)36-11-14-4-2-1-3-5-14/h1-7,9-10,19-20H,8,11-13H2,(H,29,34)/t19-,20?/m0/s1. The number of rotatable bonds is 6. The van der Waals surface area contributed by atoms with Crippen LogP contribution >= 0.6 is 11.3 Å². The lowest BCUT2D eigenvalue weighted by atomic mass is 10.0. The van der Waals surface area contributed by atoms with Crippen molar-refractivity contribution in [3.8, 4) is 16.3 Å². The van der Waals surface area contributed by atoms with Crippen molar-refractivity contribution >= 4 is 17.2 Å². The van der Waals surface area contributed by atoms with Crippen LogP contribution in [0.25, 0.3) is 10.6 Å². The number of carbonyl (C=O) groups is 1. The molecule has 0 aliphatic carbocycles. The molecule has 1 amide bonds. The second-order valence-corrected chi connectivity index (χ2v) is 9.89. The number of hydrogen-bond acceptors (Lipinski definition) is 7. The first kappa shape index (κ1) is 23.4. The van der Waals surface area contributed by atoms with E-state index in [1.807, 2.05) is 30.3 Å². The second kappa shape index (κ2) is 9.49. The molecule has 37 heavy (non-hydrogen) atoms. The molecule has 0 saturated carbocycles. The average Bonchev–Trinajstić information content (AvgIpc) is 3.55. The van der Waals surface area contributed by atoms with Crippen molar-refractivity contribution in [1.29, 1.82) is 0 Å². The van der Waals surface area contributed by atoms with E-state index in [-0.39, 0.29) is 47.7 Å². The summed E-state index contributed by atoms with van der Waals surface area (Å²) in [5.74, 6) is -1.84. The van der Waals surface area contributed by atoms with E-state index in [1.54, 1.807) is 10.8 Å². The summed E-state index contributed by atoms with van der Waals surface area (Å²) in [6.45, 7) is 0.822. The largest absolute Gasteiger partial charge is 0.483 e. The van der Waals surface area contributed by atoms with E-state index >= 15 is 0 Å². The Morgan fingerprint density at radius 2 is 1.95 bits per heavy atom. The number of fused-ring (bicyclic) bond motifs is 3. The maximum absolute atomic E-state index is 14.2. The summed E-state index contributed by atoms with van der Waals surface area (Å²) in [5.41, 5.74) is 0.958. The molecule has 1 saturated heterocycles. The zero-order valence-electron chi connectivity index (χ0n) is 19.3. The Morgan fingerprint density at radius 3 is 2.76 bits per heavy atom. The van der Waals surface area contributed by atoms with Crippen molar-refractivity contribution in [2.24, 2.45) is 0 Å². The highest BCUT2D eigenvalue weighted by Crippen LogP contribution is 2.33. The SMILES string of the molecule is O=C1N[C@H]2COCC2n2cc(-c3nnc(Cc4ccc(F)cc4F)s3)c(=O)c(OCc3ccccc3)c21. The van der Waals surface area contributed by atoms with Crippen molar-refractivity contribution < 1.29 is 23.0 Å². The smallest absolute Gasteiger partial charge is 0.272 e. The predicted molar refractivity (Wildman–Crippen MR) is 131 cm³/mol. The Bertz CT molecular complexity index is 1560. The third-order valence-electron chi connectivity index (χ3n) is 6.41. The number of nitrogens with one attached hydrogen (secondary N) is 1. The van der Waals surface area contributed by atoms with Gasteiger partial charge in [-0.3, -0.25) is 9.59 Å². The number of halogens is 2. The third kappa shape index (κ3) is 4.40. The van der Waals surface area contributed by atoms with Gasteiger partial charge in [0.15, 0.2) is 16.5 Å². The van der Waals surface area contributed by atoms with Gasteiger partial charge in [-0.2, -0.15) is 0 Å². The first-order valence-electron chi connectivity index (χ1n) is 11.6. The van der Waals surface area contributed by atoms with Crippen LogP contribution in [-0.2, 0) is 17.8 Å². The van der Waals surface area contributed by atoms with Crippen molar-refractivity contribution in [3.05, 3.63) is 98.4 Å². The van der Waals surface area contributed by atoms with Crippen LogP contribution in [0.3, 0.4) is 0 Å². The Labute approximate surface area is 213 Å². The molecule has 2 aromatic carbocycles. The summed E-state index contributed by atoms with van der Waals surface area (Å²) < 4.78 is 40.7. The van der Waals surface area contributed by atoms with Crippen molar-refractivity contribution in [2.45, 2.75) is 25.1 Å². The van der Waals surface area contributed by atoms with E-state index in [0.717, 1.165) is 23.0 Å². The molecule has 2 atom stereocenters. The Balaban J connectivity index is 1.41. The summed E-state index contributed by atoms with van der Waals surface area (Å²) >= 11 is 1.12. The molecule has 4 aromatic rings. The predicted octanol–water partition coefficient (Wildman–Crippen LogP) is 3.50. The van der Waals surface area contributed by atoms with Crippen LogP contribution in [0.1, 0.15) is 32.7 Å². The van der Waals surface area contributed by atoms with Crippen LogP contribution in [-0.4, -0.2) is 39.9 Å². The fourth-order valence-electron chi connectivity index (χ4n) is 4.56. The van der Waals surface area contributed by atoms with Gasteiger partial charge in [0, 0.05) is 18.7 Å². The van der Waals surface area contributed by atoms with E-state index in [9.17, 15) is 18.4 Å². The molecule has 4 heterocycles. The van der Waals surface area contributed by atoms with E-state index in [2.05, 4.69) is 15.5 Å². The molecule has 11 heteroatoms. The Hall–Kier alpha value is -3.96. The molecule has 6 rings (SSSR count). The van der Waals surface area contributed by atoms with E-state index in [4.69, 9.17) is 9.47 Å². The average molecular weight is 523 g/mol. The third-order valence-corrected chi connectivity index (χ3v) is 7.37. The van der Waals surface area contributed by atoms with E-state index < -0.39 is 23.0 Å². The maximum atomic E-state index is 14.2. The van der Waals surface area contributed by atoms with Gasteiger partial charge in [0.2, 0.25) is 5.43 Å². The zero-order valence-corrected chi connectivity index (χ0v) is 20.1. The lowest BCUT2D eigenvalue weighted by Gasteiger charge is -2.31. The van der Waals surface area contributed by atoms with Crippen molar-refractivity contribution in [2.75, 3.05) is 13.2 Å². The molecule has 8 nitrogen and oxygen atoms in total. The number of hydrogen-bond donors (Lipinski definition) is 1. The molecular weight excluding hydrogens is 502 g/mol. The Kier molecular flexibility index (Phi) is 6.01. The highest BCUT2D eigenvalue weighted by molar-refractivity contribution is 7.14. The molecule has 2 aromatic heterocycles. The van der Waals surface area contributed by atoms with Gasteiger partial charge in [-0.1, -0.05) is 47.7 Å². The highest BCUT2D eigenvalue weighted by Gasteiger charge is 2.40. The fourth-order valence-corrected chi connectivity index (χ4v) is 5.43. The molecule has 2 aliphatic rings. The minimum Gasteiger partial charge on any atom is -0.483 e. The Morgan fingerprint density at radius 1 is 1.11 bits per heavy atom. The van der Waals surface area contributed by atoms with Gasteiger partial charge in [0.25, 0.3) is 5.91 Å². The van der Waals surface area contributed by atoms with Gasteiger partial charge in [0.1, 0.15) is 23.2 Å². The molecule has 1 fully saturated rings. The van der Waals surface area contributed by atoms with Crippen LogP contribution in [0.2, 0.25) is 0 Å². The van der Waals surface area contributed by atoms with Crippen LogP contribution in [0.5, 0.6) is 5.75 Å². The first-order chi connectivity index (χ1) is 18.0. The molecule has 188 valence electrons. The number of nitrogens with zero attached hydrogens (tertiary/aromatic N) is 3. The normalized spacial score (nSPS) is 18.3. The molecular formula is C26H20F2N4O4S.